The second-order valence-electron chi connectivity index (χ2n) is 4.10. The van der Waals surface area contributed by atoms with Crippen LogP contribution in [0.4, 0.5) is 4.79 Å². The molecule has 0 atom stereocenters. The fraction of sp³-hybridized carbons (Fsp3) is 0.778. The Labute approximate surface area is 90.2 Å². The molecule has 0 aliphatic carbocycles. The van der Waals surface area contributed by atoms with Crippen LogP contribution in [0.25, 0.3) is 0 Å². The van der Waals surface area contributed by atoms with E-state index in [0.717, 1.165) is 0 Å². The monoisotopic (exact) mass is 216 g/mol. The van der Waals surface area contributed by atoms with E-state index in [0.29, 0.717) is 13.1 Å². The number of rotatable bonds is 4. The molecule has 6 nitrogen and oxygen atoms in total. The van der Waals surface area contributed by atoms with Gasteiger partial charge in [-0.25, -0.2) is 4.79 Å². The lowest BCUT2D eigenvalue weighted by Crippen LogP contribution is -2.50. The lowest BCUT2D eigenvalue weighted by molar-refractivity contribution is -0.125. The summed E-state index contributed by atoms with van der Waals surface area (Å²) in [6.45, 7) is 4.01. The van der Waals surface area contributed by atoms with Gasteiger partial charge in [0.05, 0.1) is 5.54 Å². The van der Waals surface area contributed by atoms with Crippen molar-refractivity contribution >= 4 is 11.9 Å². The first-order valence-electron chi connectivity index (χ1n) is 4.77. The number of nitrogens with two attached hydrogens (primary N) is 1. The average molecular weight is 216 g/mol. The summed E-state index contributed by atoms with van der Waals surface area (Å²) in [6, 6.07) is -0.184. The van der Waals surface area contributed by atoms with Gasteiger partial charge in [-0.15, -0.1) is 0 Å². The Morgan fingerprint density at radius 3 is 2.07 bits per heavy atom. The molecule has 3 amide bonds. The number of nitrogens with zero attached hydrogens (tertiary/aromatic N) is 1. The van der Waals surface area contributed by atoms with E-state index in [-0.39, 0.29) is 11.9 Å². The molecule has 0 aliphatic rings. The molecule has 15 heavy (non-hydrogen) atoms. The van der Waals surface area contributed by atoms with Crippen molar-refractivity contribution in [3.8, 4) is 0 Å². The van der Waals surface area contributed by atoms with E-state index in [9.17, 15) is 9.59 Å². The zero-order chi connectivity index (χ0) is 12.1. The van der Waals surface area contributed by atoms with Crippen LogP contribution in [0.5, 0.6) is 0 Å². The molecule has 0 aromatic rings. The summed E-state index contributed by atoms with van der Waals surface area (Å²) < 4.78 is 0. The topological polar surface area (TPSA) is 87.5 Å². The highest BCUT2D eigenvalue weighted by atomic mass is 16.2. The van der Waals surface area contributed by atoms with Gasteiger partial charge in [-0.3, -0.25) is 4.79 Å². The van der Waals surface area contributed by atoms with E-state index >= 15 is 0 Å². The number of hydrogen-bond donors (Lipinski definition) is 3. The predicted octanol–water partition coefficient (Wildman–Crippen LogP) is -0.889. The second kappa shape index (κ2) is 5.55. The summed E-state index contributed by atoms with van der Waals surface area (Å²) in [5.41, 5.74) is 4.68. The van der Waals surface area contributed by atoms with Gasteiger partial charge in [0, 0.05) is 27.2 Å². The van der Waals surface area contributed by atoms with Gasteiger partial charge in [-0.05, 0) is 13.8 Å². The molecule has 4 N–H and O–H groups in total. The van der Waals surface area contributed by atoms with Crippen LogP contribution in [-0.2, 0) is 4.79 Å². The smallest absolute Gasteiger partial charge is 0.316 e. The Bertz CT molecular complexity index is 233. The fourth-order valence-electron chi connectivity index (χ4n) is 0.731. The first kappa shape index (κ1) is 13.7. The van der Waals surface area contributed by atoms with Gasteiger partial charge in [-0.1, -0.05) is 0 Å². The maximum atomic E-state index is 11.3. The SMILES string of the molecule is CN(C)C(=O)NCCNC(=O)C(C)(C)N. The first-order valence-corrected chi connectivity index (χ1v) is 4.77. The van der Waals surface area contributed by atoms with E-state index in [1.165, 1.54) is 4.90 Å². The van der Waals surface area contributed by atoms with Crippen molar-refractivity contribution in [2.45, 2.75) is 19.4 Å². The van der Waals surface area contributed by atoms with Crippen molar-refractivity contribution in [3.63, 3.8) is 0 Å². The summed E-state index contributed by atoms with van der Waals surface area (Å²) in [5, 5.41) is 5.24. The summed E-state index contributed by atoms with van der Waals surface area (Å²) in [5.74, 6) is -0.235. The molecule has 0 fully saturated rings. The minimum absolute atomic E-state index is 0.184. The minimum Gasteiger partial charge on any atom is -0.353 e. The molecule has 0 unspecified atom stereocenters. The van der Waals surface area contributed by atoms with Crippen LogP contribution in [0, 0.1) is 0 Å². The van der Waals surface area contributed by atoms with Crippen molar-refractivity contribution in [3.05, 3.63) is 0 Å². The van der Waals surface area contributed by atoms with Gasteiger partial charge in [-0.2, -0.15) is 0 Å². The number of nitrogens with one attached hydrogen (secondary N) is 2. The third-order valence-electron chi connectivity index (χ3n) is 1.68. The van der Waals surface area contributed by atoms with Crippen molar-refractivity contribution in [2.24, 2.45) is 5.73 Å². The van der Waals surface area contributed by atoms with Crippen molar-refractivity contribution in [1.82, 2.24) is 15.5 Å². The summed E-state index contributed by atoms with van der Waals surface area (Å²) in [6.07, 6.45) is 0. The van der Waals surface area contributed by atoms with Crippen LogP contribution in [0.2, 0.25) is 0 Å². The first-order chi connectivity index (χ1) is 6.75. The number of hydrogen-bond acceptors (Lipinski definition) is 3. The predicted molar refractivity (Wildman–Crippen MR) is 58.4 cm³/mol. The third kappa shape index (κ3) is 5.90. The standard InChI is InChI=1S/C9H20N4O2/c1-9(2,10)7(14)11-5-6-12-8(15)13(3)4/h5-6,10H2,1-4H3,(H,11,14)(H,12,15). The lowest BCUT2D eigenvalue weighted by Gasteiger charge is -2.18. The normalized spacial score (nSPS) is 10.7. The highest BCUT2D eigenvalue weighted by molar-refractivity contribution is 5.85. The van der Waals surface area contributed by atoms with Crippen LogP contribution < -0.4 is 16.4 Å². The minimum atomic E-state index is -0.883. The molecular formula is C9H20N4O2. The van der Waals surface area contributed by atoms with Gasteiger partial charge in [0.25, 0.3) is 0 Å². The van der Waals surface area contributed by atoms with E-state index in [1.807, 2.05) is 0 Å². The van der Waals surface area contributed by atoms with E-state index < -0.39 is 5.54 Å². The van der Waals surface area contributed by atoms with E-state index in [2.05, 4.69) is 10.6 Å². The molecule has 0 aromatic heterocycles. The van der Waals surface area contributed by atoms with Crippen molar-refractivity contribution in [2.75, 3.05) is 27.2 Å². The van der Waals surface area contributed by atoms with Gasteiger partial charge in [0.15, 0.2) is 0 Å². The van der Waals surface area contributed by atoms with Crippen LogP contribution in [0.15, 0.2) is 0 Å². The van der Waals surface area contributed by atoms with Gasteiger partial charge in [0.1, 0.15) is 0 Å². The third-order valence-corrected chi connectivity index (χ3v) is 1.68. The molecule has 0 heterocycles. The summed E-state index contributed by atoms with van der Waals surface area (Å²) in [7, 11) is 3.30. The molecule has 88 valence electrons. The van der Waals surface area contributed by atoms with E-state index in [4.69, 9.17) is 5.73 Å². The molecule has 0 bridgehead atoms. The number of urea groups is 1. The van der Waals surface area contributed by atoms with Crippen LogP contribution in [0.1, 0.15) is 13.8 Å². The maximum absolute atomic E-state index is 11.3. The Hall–Kier alpha value is -1.30. The van der Waals surface area contributed by atoms with Crippen LogP contribution in [0.3, 0.4) is 0 Å². The molecular weight excluding hydrogens is 196 g/mol. The highest BCUT2D eigenvalue weighted by Crippen LogP contribution is 1.94. The largest absolute Gasteiger partial charge is 0.353 e. The van der Waals surface area contributed by atoms with Crippen LogP contribution >= 0.6 is 0 Å². The molecule has 6 heteroatoms. The Balaban J connectivity index is 3.65. The van der Waals surface area contributed by atoms with Gasteiger partial charge >= 0.3 is 6.03 Å². The maximum Gasteiger partial charge on any atom is 0.316 e. The number of carbonyl (C=O) groups excluding carboxylic acids is 2. The number of amides is 3. The number of carbonyl (C=O) groups is 2. The van der Waals surface area contributed by atoms with Gasteiger partial charge < -0.3 is 21.3 Å². The molecule has 0 rings (SSSR count). The fourth-order valence-corrected chi connectivity index (χ4v) is 0.731. The quantitative estimate of drug-likeness (QED) is 0.533. The lowest BCUT2D eigenvalue weighted by atomic mass is 10.1. The second-order valence-corrected chi connectivity index (χ2v) is 4.10. The summed E-state index contributed by atoms with van der Waals surface area (Å²) >= 11 is 0. The molecule has 0 saturated heterocycles. The van der Waals surface area contributed by atoms with Gasteiger partial charge in [0.2, 0.25) is 5.91 Å². The highest BCUT2D eigenvalue weighted by Gasteiger charge is 2.20. The molecule has 0 radical (unpaired) electrons. The van der Waals surface area contributed by atoms with E-state index in [1.54, 1.807) is 27.9 Å². The molecule has 0 saturated carbocycles. The zero-order valence-electron chi connectivity index (χ0n) is 9.76. The average Bonchev–Trinajstić information content (AvgIpc) is 2.09. The Kier molecular flexibility index (Phi) is 5.07. The zero-order valence-corrected chi connectivity index (χ0v) is 9.76. The Morgan fingerprint density at radius 1 is 1.20 bits per heavy atom. The Morgan fingerprint density at radius 2 is 1.67 bits per heavy atom. The van der Waals surface area contributed by atoms with Crippen molar-refractivity contribution in [1.29, 1.82) is 0 Å². The van der Waals surface area contributed by atoms with Crippen molar-refractivity contribution < 1.29 is 9.59 Å². The molecule has 0 aromatic carbocycles. The molecule has 0 spiro atoms. The summed E-state index contributed by atoms with van der Waals surface area (Å²) in [4.78, 5) is 23.8. The van der Waals surface area contributed by atoms with Crippen LogP contribution in [-0.4, -0.2) is 49.6 Å². The molecule has 0 aliphatic heterocycles.